The fraction of sp³-hybridized carbons (Fsp3) is 0.357. The molecule has 0 bridgehead atoms. The van der Waals surface area contributed by atoms with Gasteiger partial charge in [-0.2, -0.15) is 5.10 Å². The number of nitrogens with zero attached hydrogens (tertiary/aromatic N) is 2. The molecule has 0 saturated carbocycles. The molecule has 2 aromatic rings. The lowest BCUT2D eigenvalue weighted by molar-refractivity contribution is 0.396. The Morgan fingerprint density at radius 1 is 1.38 bits per heavy atom. The van der Waals surface area contributed by atoms with Gasteiger partial charge in [0.05, 0.1) is 26.5 Å². The molecule has 1 aromatic carbocycles. The molecule has 6 nitrogen and oxygen atoms in total. The zero-order valence-corrected chi connectivity index (χ0v) is 12.3. The zero-order valence-electron chi connectivity index (χ0n) is 12.3. The van der Waals surface area contributed by atoms with E-state index in [1.165, 1.54) is 13.2 Å². The number of hydrogen-bond donors (Lipinski definition) is 2. The third kappa shape index (κ3) is 2.84. The van der Waals surface area contributed by atoms with Gasteiger partial charge in [-0.15, -0.1) is 0 Å². The van der Waals surface area contributed by atoms with Gasteiger partial charge in [-0.05, 0) is 13.0 Å². The topological polar surface area (TPSA) is 74.3 Å². The highest BCUT2D eigenvalue weighted by atomic mass is 19.1. The lowest BCUT2D eigenvalue weighted by atomic mass is 10.0. The number of ether oxygens (including phenoxy) is 2. The Bertz CT molecular complexity index is 594. The molecular weight excluding hydrogens is 275 g/mol. The van der Waals surface area contributed by atoms with Gasteiger partial charge >= 0.3 is 0 Å². The van der Waals surface area contributed by atoms with Crippen molar-refractivity contribution in [1.82, 2.24) is 15.2 Å². The summed E-state index contributed by atoms with van der Waals surface area (Å²) in [6, 6.07) is 4.06. The van der Waals surface area contributed by atoms with E-state index in [9.17, 15) is 4.39 Å². The molecule has 114 valence electrons. The number of halogens is 1. The Balaban J connectivity index is 2.51. The van der Waals surface area contributed by atoms with Crippen molar-refractivity contribution in [3.8, 4) is 11.5 Å². The zero-order chi connectivity index (χ0) is 15.4. The summed E-state index contributed by atoms with van der Waals surface area (Å²) in [7, 11) is 3.03. The summed E-state index contributed by atoms with van der Waals surface area (Å²) in [5.74, 6) is 6.22. The summed E-state index contributed by atoms with van der Waals surface area (Å²) >= 11 is 0. The number of aromatic nitrogens is 2. The van der Waals surface area contributed by atoms with E-state index in [1.54, 1.807) is 30.1 Å². The Hall–Kier alpha value is -2.12. The SMILES string of the molecule is CCn1ncc(OC)c1C(NN)c1ccc(OC)cc1F. The van der Waals surface area contributed by atoms with Gasteiger partial charge in [-0.25, -0.2) is 9.82 Å². The van der Waals surface area contributed by atoms with Crippen molar-refractivity contribution < 1.29 is 13.9 Å². The molecule has 0 aliphatic heterocycles. The van der Waals surface area contributed by atoms with Crippen LogP contribution in [0.25, 0.3) is 0 Å². The third-order valence-corrected chi connectivity index (χ3v) is 3.32. The Labute approximate surface area is 122 Å². The normalized spacial score (nSPS) is 12.2. The van der Waals surface area contributed by atoms with Crippen molar-refractivity contribution in [1.29, 1.82) is 0 Å². The van der Waals surface area contributed by atoms with E-state index in [0.29, 0.717) is 29.3 Å². The summed E-state index contributed by atoms with van der Waals surface area (Å²) in [5, 5.41) is 4.21. The van der Waals surface area contributed by atoms with Crippen LogP contribution >= 0.6 is 0 Å². The molecule has 0 spiro atoms. The van der Waals surface area contributed by atoms with Gasteiger partial charge in [-0.3, -0.25) is 10.5 Å². The third-order valence-electron chi connectivity index (χ3n) is 3.32. The molecule has 2 rings (SSSR count). The molecule has 0 amide bonds. The fourth-order valence-electron chi connectivity index (χ4n) is 2.26. The molecule has 0 saturated heterocycles. The Morgan fingerprint density at radius 2 is 2.14 bits per heavy atom. The molecule has 1 unspecified atom stereocenters. The summed E-state index contributed by atoms with van der Waals surface area (Å²) in [6.07, 6.45) is 1.59. The van der Waals surface area contributed by atoms with Gasteiger partial charge in [-0.1, -0.05) is 6.07 Å². The van der Waals surface area contributed by atoms with E-state index in [4.69, 9.17) is 15.3 Å². The standard InChI is InChI=1S/C14H19FN4O2/c1-4-19-14(12(21-3)8-17-19)13(18-16)10-6-5-9(20-2)7-11(10)15/h5-8,13,18H,4,16H2,1-3H3. The summed E-state index contributed by atoms with van der Waals surface area (Å²) in [4.78, 5) is 0. The fourth-order valence-corrected chi connectivity index (χ4v) is 2.26. The highest BCUT2D eigenvalue weighted by Gasteiger charge is 2.25. The molecule has 3 N–H and O–H groups in total. The molecular formula is C14H19FN4O2. The number of nitrogens with one attached hydrogen (secondary N) is 1. The minimum Gasteiger partial charge on any atom is -0.497 e. The second-order valence-electron chi connectivity index (χ2n) is 4.40. The van der Waals surface area contributed by atoms with Crippen LogP contribution in [0.2, 0.25) is 0 Å². The first-order valence-corrected chi connectivity index (χ1v) is 6.55. The minimum atomic E-state index is -0.576. The smallest absolute Gasteiger partial charge is 0.161 e. The molecule has 1 aromatic heterocycles. The Kier molecular flexibility index (Phi) is 4.77. The van der Waals surface area contributed by atoms with Crippen molar-refractivity contribution in [2.45, 2.75) is 19.5 Å². The Morgan fingerprint density at radius 3 is 2.67 bits per heavy atom. The highest BCUT2D eigenvalue weighted by molar-refractivity contribution is 5.39. The van der Waals surface area contributed by atoms with Crippen molar-refractivity contribution in [3.05, 3.63) is 41.5 Å². The summed E-state index contributed by atoms with van der Waals surface area (Å²) in [6.45, 7) is 2.56. The number of methoxy groups -OCH3 is 2. The van der Waals surface area contributed by atoms with Gasteiger partial charge in [0.25, 0.3) is 0 Å². The number of benzene rings is 1. The van der Waals surface area contributed by atoms with Crippen molar-refractivity contribution in [2.24, 2.45) is 5.84 Å². The molecule has 1 atom stereocenters. The maximum absolute atomic E-state index is 14.3. The number of rotatable bonds is 6. The first-order valence-electron chi connectivity index (χ1n) is 6.55. The second-order valence-corrected chi connectivity index (χ2v) is 4.40. The minimum absolute atomic E-state index is 0.395. The van der Waals surface area contributed by atoms with Crippen LogP contribution in [0.1, 0.15) is 24.2 Å². The van der Waals surface area contributed by atoms with Crippen molar-refractivity contribution >= 4 is 0 Å². The lowest BCUT2D eigenvalue weighted by Crippen LogP contribution is -2.31. The van der Waals surface area contributed by atoms with E-state index >= 15 is 0 Å². The molecule has 21 heavy (non-hydrogen) atoms. The van der Waals surface area contributed by atoms with E-state index in [0.717, 1.165) is 0 Å². The van der Waals surface area contributed by atoms with Crippen LogP contribution in [0.15, 0.2) is 24.4 Å². The first kappa shape index (κ1) is 15.3. The lowest BCUT2D eigenvalue weighted by Gasteiger charge is -2.20. The second kappa shape index (κ2) is 6.55. The van der Waals surface area contributed by atoms with Gasteiger partial charge in [0, 0.05) is 18.2 Å². The predicted octanol–water partition coefficient (Wildman–Crippen LogP) is 1.61. The van der Waals surface area contributed by atoms with E-state index < -0.39 is 11.9 Å². The number of nitrogens with two attached hydrogens (primary N) is 1. The maximum Gasteiger partial charge on any atom is 0.161 e. The van der Waals surface area contributed by atoms with E-state index in [1.807, 2.05) is 6.92 Å². The molecule has 0 fully saturated rings. The van der Waals surface area contributed by atoms with Crippen molar-refractivity contribution in [2.75, 3.05) is 14.2 Å². The molecule has 0 aliphatic rings. The van der Waals surface area contributed by atoms with E-state index in [-0.39, 0.29) is 0 Å². The first-order chi connectivity index (χ1) is 10.2. The van der Waals surface area contributed by atoms with Gasteiger partial charge in [0.1, 0.15) is 17.3 Å². The van der Waals surface area contributed by atoms with Gasteiger partial charge in [0.15, 0.2) is 5.75 Å². The van der Waals surface area contributed by atoms with Gasteiger partial charge < -0.3 is 9.47 Å². The van der Waals surface area contributed by atoms with Crippen LogP contribution in [-0.2, 0) is 6.54 Å². The van der Waals surface area contributed by atoms with Crippen LogP contribution in [0.3, 0.4) is 0 Å². The summed E-state index contributed by atoms with van der Waals surface area (Å²) in [5.41, 5.74) is 3.69. The van der Waals surface area contributed by atoms with E-state index in [2.05, 4.69) is 10.5 Å². The molecule has 1 heterocycles. The van der Waals surface area contributed by atoms with Crippen LogP contribution in [0, 0.1) is 5.82 Å². The van der Waals surface area contributed by atoms with Crippen LogP contribution in [0.5, 0.6) is 11.5 Å². The van der Waals surface area contributed by atoms with Crippen LogP contribution in [0.4, 0.5) is 4.39 Å². The number of aryl methyl sites for hydroxylation is 1. The molecule has 0 radical (unpaired) electrons. The maximum atomic E-state index is 14.3. The van der Waals surface area contributed by atoms with Crippen molar-refractivity contribution in [3.63, 3.8) is 0 Å². The van der Waals surface area contributed by atoms with Gasteiger partial charge in [0.2, 0.25) is 0 Å². The molecule has 7 heteroatoms. The number of hydrogen-bond acceptors (Lipinski definition) is 5. The highest BCUT2D eigenvalue weighted by Crippen LogP contribution is 2.32. The summed E-state index contributed by atoms with van der Waals surface area (Å²) < 4.78 is 26.3. The molecule has 0 aliphatic carbocycles. The predicted molar refractivity (Wildman–Crippen MR) is 76.6 cm³/mol. The average molecular weight is 294 g/mol. The van der Waals surface area contributed by atoms with Crippen LogP contribution in [-0.4, -0.2) is 24.0 Å². The number of hydrazine groups is 1. The van der Waals surface area contributed by atoms with Crippen LogP contribution < -0.4 is 20.7 Å². The quantitative estimate of drug-likeness (QED) is 0.625. The monoisotopic (exact) mass is 294 g/mol. The average Bonchev–Trinajstić information content (AvgIpc) is 2.92. The largest absolute Gasteiger partial charge is 0.497 e.